The molecule has 0 saturated heterocycles. The molecule has 0 radical (unpaired) electrons. The van der Waals surface area contributed by atoms with Crippen molar-refractivity contribution >= 4 is 5.84 Å². The van der Waals surface area contributed by atoms with Crippen molar-refractivity contribution in [2.45, 2.75) is 6.54 Å². The predicted octanol–water partition coefficient (Wildman–Crippen LogP) is 1.28. The molecule has 0 fully saturated rings. The van der Waals surface area contributed by atoms with Crippen LogP contribution in [0.2, 0.25) is 0 Å². The summed E-state index contributed by atoms with van der Waals surface area (Å²) < 4.78 is 2.06. The summed E-state index contributed by atoms with van der Waals surface area (Å²) in [4.78, 5) is 8.43. The average Bonchev–Trinajstić information content (AvgIpc) is 3.01. The highest BCUT2D eigenvalue weighted by Gasteiger charge is 2.07. The van der Waals surface area contributed by atoms with Gasteiger partial charge in [0.2, 0.25) is 0 Å². The van der Waals surface area contributed by atoms with Crippen LogP contribution in [0.25, 0.3) is 0 Å². The van der Waals surface area contributed by atoms with Crippen LogP contribution in [0.4, 0.5) is 0 Å². The van der Waals surface area contributed by atoms with Crippen molar-refractivity contribution in [1.29, 1.82) is 0 Å². The third-order valence-electron chi connectivity index (χ3n) is 2.83. The van der Waals surface area contributed by atoms with Crippen molar-refractivity contribution in [3.63, 3.8) is 0 Å². The van der Waals surface area contributed by atoms with E-state index < -0.39 is 0 Å². The van der Waals surface area contributed by atoms with E-state index in [1.54, 1.807) is 6.20 Å². The maximum Gasteiger partial charge on any atom is 0.128 e. The molecule has 0 spiro atoms. The van der Waals surface area contributed by atoms with Crippen LogP contribution in [-0.4, -0.2) is 28.5 Å². The van der Waals surface area contributed by atoms with Gasteiger partial charge in [0.15, 0.2) is 0 Å². The van der Waals surface area contributed by atoms with Crippen molar-refractivity contribution in [1.82, 2.24) is 14.9 Å². The van der Waals surface area contributed by atoms with E-state index in [1.807, 2.05) is 12.5 Å². The molecule has 0 amide bonds. The highest BCUT2D eigenvalue weighted by Crippen LogP contribution is 2.08. The summed E-state index contributed by atoms with van der Waals surface area (Å²) in [5, 5.41) is 3.27. The first-order chi connectivity index (χ1) is 8.42. The molecule has 4 nitrogen and oxygen atoms in total. The van der Waals surface area contributed by atoms with Crippen LogP contribution < -0.4 is 5.32 Å². The van der Waals surface area contributed by atoms with E-state index in [9.17, 15) is 0 Å². The van der Waals surface area contributed by atoms with Gasteiger partial charge in [0.1, 0.15) is 5.84 Å². The molecular formula is C13H14N4. The number of hydrogen-bond donors (Lipinski definition) is 1. The van der Waals surface area contributed by atoms with Crippen LogP contribution in [0.15, 0.2) is 48.0 Å². The summed E-state index contributed by atoms with van der Waals surface area (Å²) in [6.45, 7) is 2.69. The average molecular weight is 226 g/mol. The van der Waals surface area contributed by atoms with Gasteiger partial charge in [0.25, 0.3) is 0 Å². The lowest BCUT2D eigenvalue weighted by atomic mass is 10.1. The third kappa shape index (κ3) is 2.20. The van der Waals surface area contributed by atoms with Crippen molar-refractivity contribution in [3.8, 4) is 0 Å². The van der Waals surface area contributed by atoms with Gasteiger partial charge in [-0.25, -0.2) is 4.98 Å². The van der Waals surface area contributed by atoms with Gasteiger partial charge in [-0.1, -0.05) is 24.3 Å². The molecule has 1 aliphatic rings. The lowest BCUT2D eigenvalue weighted by Crippen LogP contribution is -2.19. The molecule has 2 aromatic rings. The molecule has 86 valence electrons. The van der Waals surface area contributed by atoms with E-state index >= 15 is 0 Å². The summed E-state index contributed by atoms with van der Waals surface area (Å²) in [5.41, 5.74) is 2.43. The van der Waals surface area contributed by atoms with E-state index in [2.05, 4.69) is 44.1 Å². The lowest BCUT2D eigenvalue weighted by Gasteiger charge is -2.05. The maximum atomic E-state index is 4.40. The van der Waals surface area contributed by atoms with Gasteiger partial charge in [-0.3, -0.25) is 4.99 Å². The summed E-state index contributed by atoms with van der Waals surface area (Å²) in [6, 6.07) is 8.50. The first kappa shape index (κ1) is 10.1. The highest BCUT2D eigenvalue weighted by atomic mass is 15.1. The quantitative estimate of drug-likeness (QED) is 0.856. The smallest absolute Gasteiger partial charge is 0.128 e. The van der Waals surface area contributed by atoms with Gasteiger partial charge < -0.3 is 9.88 Å². The fraction of sp³-hybridized carbons (Fsp3) is 0.231. The van der Waals surface area contributed by atoms with Crippen molar-refractivity contribution < 1.29 is 0 Å². The molecule has 0 atom stereocenters. The number of nitrogens with one attached hydrogen (secondary N) is 1. The maximum absolute atomic E-state index is 4.40. The minimum atomic E-state index is 0.861. The molecule has 2 heterocycles. The Morgan fingerprint density at radius 1 is 1.24 bits per heavy atom. The zero-order valence-electron chi connectivity index (χ0n) is 9.50. The van der Waals surface area contributed by atoms with Gasteiger partial charge in [0, 0.05) is 31.0 Å². The van der Waals surface area contributed by atoms with Crippen LogP contribution in [-0.2, 0) is 6.54 Å². The molecular weight excluding hydrogens is 212 g/mol. The molecule has 1 aliphatic heterocycles. The summed E-state index contributed by atoms with van der Waals surface area (Å²) in [7, 11) is 0. The number of benzene rings is 1. The van der Waals surface area contributed by atoms with Crippen LogP contribution in [0.5, 0.6) is 0 Å². The Bertz CT molecular complexity index is 511. The fourth-order valence-electron chi connectivity index (χ4n) is 1.95. The van der Waals surface area contributed by atoms with E-state index in [1.165, 1.54) is 5.56 Å². The summed E-state index contributed by atoms with van der Waals surface area (Å²) in [6.07, 6.45) is 5.60. The molecule has 4 heteroatoms. The van der Waals surface area contributed by atoms with Gasteiger partial charge in [-0.2, -0.15) is 0 Å². The molecule has 3 rings (SSSR count). The standard InChI is InChI=1S/C13H14N4/c1-3-12(13-15-5-6-16-13)4-2-11(1)9-17-8-7-14-10-17/h1-4,7-8,10H,5-6,9H2,(H,15,16). The Hall–Kier alpha value is -2.10. The van der Waals surface area contributed by atoms with Crippen molar-refractivity contribution in [3.05, 3.63) is 54.1 Å². The second kappa shape index (κ2) is 4.41. The van der Waals surface area contributed by atoms with Gasteiger partial charge >= 0.3 is 0 Å². The first-order valence-corrected chi connectivity index (χ1v) is 5.75. The summed E-state index contributed by atoms with van der Waals surface area (Å²) >= 11 is 0. The number of nitrogens with zero attached hydrogens (tertiary/aromatic N) is 3. The van der Waals surface area contributed by atoms with Crippen LogP contribution in [0.1, 0.15) is 11.1 Å². The van der Waals surface area contributed by atoms with E-state index in [0.29, 0.717) is 0 Å². The Balaban J connectivity index is 1.76. The number of aliphatic imine (C=N–C) groups is 1. The third-order valence-corrected chi connectivity index (χ3v) is 2.83. The number of amidine groups is 1. The topological polar surface area (TPSA) is 42.2 Å². The minimum absolute atomic E-state index is 0.861. The van der Waals surface area contributed by atoms with Crippen LogP contribution in [0.3, 0.4) is 0 Å². The number of aromatic nitrogens is 2. The fourth-order valence-corrected chi connectivity index (χ4v) is 1.95. The van der Waals surface area contributed by atoms with E-state index in [4.69, 9.17) is 0 Å². The zero-order valence-corrected chi connectivity index (χ0v) is 9.50. The Labute approximate surface area is 100 Å². The largest absolute Gasteiger partial charge is 0.368 e. The van der Waals surface area contributed by atoms with E-state index in [-0.39, 0.29) is 0 Å². The Morgan fingerprint density at radius 2 is 2.12 bits per heavy atom. The lowest BCUT2D eigenvalue weighted by molar-refractivity contribution is 0.797. The molecule has 17 heavy (non-hydrogen) atoms. The minimum Gasteiger partial charge on any atom is -0.368 e. The van der Waals surface area contributed by atoms with E-state index in [0.717, 1.165) is 31.0 Å². The molecule has 1 aromatic carbocycles. The predicted molar refractivity (Wildman–Crippen MR) is 67.2 cm³/mol. The van der Waals surface area contributed by atoms with Gasteiger partial charge in [-0.05, 0) is 5.56 Å². The Morgan fingerprint density at radius 3 is 2.76 bits per heavy atom. The number of rotatable bonds is 3. The van der Waals surface area contributed by atoms with Crippen LogP contribution in [0, 0.1) is 0 Å². The molecule has 0 saturated carbocycles. The number of imidazole rings is 1. The molecule has 0 unspecified atom stereocenters. The van der Waals surface area contributed by atoms with Crippen LogP contribution >= 0.6 is 0 Å². The normalized spacial score (nSPS) is 14.5. The second-order valence-electron chi connectivity index (χ2n) is 4.09. The SMILES string of the molecule is c1cn(Cc2ccc(C3=NCCN3)cc2)cn1. The molecule has 0 aliphatic carbocycles. The highest BCUT2D eigenvalue weighted by molar-refractivity contribution is 5.99. The monoisotopic (exact) mass is 226 g/mol. The first-order valence-electron chi connectivity index (χ1n) is 5.75. The second-order valence-corrected chi connectivity index (χ2v) is 4.09. The van der Waals surface area contributed by atoms with Gasteiger partial charge in [0.05, 0.1) is 12.9 Å². The summed E-state index contributed by atoms with van der Waals surface area (Å²) in [5.74, 6) is 1.01. The molecule has 1 N–H and O–H groups in total. The Kier molecular flexibility index (Phi) is 2.62. The number of hydrogen-bond acceptors (Lipinski definition) is 3. The van der Waals surface area contributed by atoms with Crippen molar-refractivity contribution in [2.75, 3.05) is 13.1 Å². The molecule has 0 bridgehead atoms. The van der Waals surface area contributed by atoms with Crippen molar-refractivity contribution in [2.24, 2.45) is 4.99 Å². The van der Waals surface area contributed by atoms with Gasteiger partial charge in [-0.15, -0.1) is 0 Å². The zero-order chi connectivity index (χ0) is 11.5. The molecule has 1 aromatic heterocycles.